The fourth-order valence-electron chi connectivity index (χ4n) is 2.04. The van der Waals surface area contributed by atoms with Gasteiger partial charge in [-0.15, -0.1) is 0 Å². The molecular formula is C13H18O2. The molecule has 0 saturated carbocycles. The van der Waals surface area contributed by atoms with Gasteiger partial charge < -0.3 is 9.47 Å². The van der Waals surface area contributed by atoms with Crippen molar-refractivity contribution in [3.8, 4) is 0 Å². The third kappa shape index (κ3) is 3.05. The molecular weight excluding hydrogens is 188 g/mol. The van der Waals surface area contributed by atoms with E-state index < -0.39 is 0 Å². The average Bonchev–Trinajstić information content (AvgIpc) is 2.68. The monoisotopic (exact) mass is 206 g/mol. The molecule has 0 bridgehead atoms. The van der Waals surface area contributed by atoms with E-state index in [1.807, 2.05) is 6.92 Å². The molecule has 1 aliphatic rings. The Balaban J connectivity index is 1.82. The van der Waals surface area contributed by atoms with E-state index in [0.29, 0.717) is 5.92 Å². The van der Waals surface area contributed by atoms with E-state index in [2.05, 4.69) is 30.3 Å². The van der Waals surface area contributed by atoms with Crippen LogP contribution in [0.25, 0.3) is 0 Å². The second-order valence-corrected chi connectivity index (χ2v) is 4.01. The minimum atomic E-state index is 0.0312. The smallest absolute Gasteiger partial charge is 0.157 e. The molecule has 2 rings (SSSR count). The maximum atomic E-state index is 5.56. The van der Waals surface area contributed by atoms with Gasteiger partial charge in [0, 0.05) is 13.0 Å². The Morgan fingerprint density at radius 3 is 2.87 bits per heavy atom. The highest BCUT2D eigenvalue weighted by atomic mass is 16.7. The van der Waals surface area contributed by atoms with E-state index in [0.717, 1.165) is 26.1 Å². The van der Waals surface area contributed by atoms with Crippen LogP contribution in [-0.2, 0) is 15.9 Å². The Morgan fingerprint density at radius 2 is 2.13 bits per heavy atom. The largest absolute Gasteiger partial charge is 0.353 e. The summed E-state index contributed by atoms with van der Waals surface area (Å²) in [6.07, 6.45) is 2.16. The quantitative estimate of drug-likeness (QED) is 0.754. The van der Waals surface area contributed by atoms with Crippen LogP contribution in [0.4, 0.5) is 0 Å². The summed E-state index contributed by atoms with van der Waals surface area (Å²) in [4.78, 5) is 0. The summed E-state index contributed by atoms with van der Waals surface area (Å²) in [5, 5.41) is 0. The lowest BCUT2D eigenvalue weighted by atomic mass is 9.98. The zero-order valence-electron chi connectivity index (χ0n) is 9.19. The van der Waals surface area contributed by atoms with Crippen LogP contribution in [0.15, 0.2) is 30.3 Å². The molecule has 0 amide bonds. The fraction of sp³-hybridized carbons (Fsp3) is 0.538. The normalized spacial score (nSPS) is 25.7. The summed E-state index contributed by atoms with van der Waals surface area (Å²) in [6, 6.07) is 10.6. The van der Waals surface area contributed by atoms with Crippen molar-refractivity contribution in [1.29, 1.82) is 0 Å². The Bertz CT molecular complexity index is 284. The third-order valence-electron chi connectivity index (χ3n) is 2.76. The first-order valence-corrected chi connectivity index (χ1v) is 5.65. The molecule has 2 atom stereocenters. The molecule has 1 heterocycles. The van der Waals surface area contributed by atoms with Gasteiger partial charge in [-0.1, -0.05) is 30.3 Å². The second-order valence-electron chi connectivity index (χ2n) is 4.01. The van der Waals surface area contributed by atoms with E-state index >= 15 is 0 Å². The minimum Gasteiger partial charge on any atom is -0.353 e. The number of hydrogen-bond acceptors (Lipinski definition) is 2. The molecule has 2 nitrogen and oxygen atoms in total. The van der Waals surface area contributed by atoms with E-state index in [1.165, 1.54) is 5.56 Å². The highest BCUT2D eigenvalue weighted by molar-refractivity contribution is 5.15. The van der Waals surface area contributed by atoms with Crippen LogP contribution in [0.3, 0.4) is 0 Å². The van der Waals surface area contributed by atoms with Gasteiger partial charge in [-0.25, -0.2) is 0 Å². The van der Waals surface area contributed by atoms with E-state index in [-0.39, 0.29) is 6.29 Å². The van der Waals surface area contributed by atoms with Crippen molar-refractivity contribution in [2.45, 2.75) is 26.1 Å². The Kier molecular flexibility index (Phi) is 3.75. The minimum absolute atomic E-state index is 0.0312. The van der Waals surface area contributed by atoms with Crippen molar-refractivity contribution >= 4 is 0 Å². The summed E-state index contributed by atoms with van der Waals surface area (Å²) in [5.41, 5.74) is 1.39. The first-order chi connectivity index (χ1) is 7.38. The van der Waals surface area contributed by atoms with Crippen LogP contribution < -0.4 is 0 Å². The van der Waals surface area contributed by atoms with Gasteiger partial charge in [-0.05, 0) is 24.8 Å². The molecule has 0 unspecified atom stereocenters. The zero-order chi connectivity index (χ0) is 10.5. The van der Waals surface area contributed by atoms with Crippen molar-refractivity contribution in [1.82, 2.24) is 0 Å². The summed E-state index contributed by atoms with van der Waals surface area (Å²) >= 11 is 0. The molecule has 82 valence electrons. The maximum Gasteiger partial charge on any atom is 0.157 e. The van der Waals surface area contributed by atoms with Crippen LogP contribution in [-0.4, -0.2) is 19.5 Å². The first-order valence-electron chi connectivity index (χ1n) is 5.65. The van der Waals surface area contributed by atoms with Crippen LogP contribution in [0, 0.1) is 5.92 Å². The molecule has 1 fully saturated rings. The van der Waals surface area contributed by atoms with Gasteiger partial charge in [0.05, 0.1) is 6.61 Å². The van der Waals surface area contributed by atoms with Gasteiger partial charge in [-0.2, -0.15) is 0 Å². The molecule has 0 spiro atoms. The summed E-state index contributed by atoms with van der Waals surface area (Å²) < 4.78 is 11.0. The molecule has 1 saturated heterocycles. The van der Waals surface area contributed by atoms with Crippen molar-refractivity contribution in [2.24, 2.45) is 5.92 Å². The molecule has 2 heteroatoms. The zero-order valence-corrected chi connectivity index (χ0v) is 9.19. The molecule has 0 aliphatic carbocycles. The standard InChI is InChI=1S/C13H18O2/c1-2-14-13-9-12(10-15-13)8-11-6-4-3-5-7-11/h3-7,12-13H,2,8-10H2,1H3/t12-,13-/m1/s1. The Hall–Kier alpha value is -0.860. The summed E-state index contributed by atoms with van der Waals surface area (Å²) in [7, 11) is 0. The number of ether oxygens (including phenoxy) is 2. The van der Waals surface area contributed by atoms with Crippen molar-refractivity contribution in [2.75, 3.05) is 13.2 Å². The number of benzene rings is 1. The van der Waals surface area contributed by atoms with Gasteiger partial charge in [0.2, 0.25) is 0 Å². The summed E-state index contributed by atoms with van der Waals surface area (Å²) in [6.45, 7) is 3.58. The number of hydrogen-bond donors (Lipinski definition) is 0. The fourth-order valence-corrected chi connectivity index (χ4v) is 2.04. The topological polar surface area (TPSA) is 18.5 Å². The summed E-state index contributed by atoms with van der Waals surface area (Å²) in [5.74, 6) is 0.615. The highest BCUT2D eigenvalue weighted by Crippen LogP contribution is 2.23. The van der Waals surface area contributed by atoms with Crippen molar-refractivity contribution < 1.29 is 9.47 Å². The van der Waals surface area contributed by atoms with E-state index in [9.17, 15) is 0 Å². The Morgan fingerprint density at radius 1 is 1.33 bits per heavy atom. The molecule has 1 aromatic rings. The van der Waals surface area contributed by atoms with Gasteiger partial charge in [0.15, 0.2) is 6.29 Å². The van der Waals surface area contributed by atoms with Gasteiger partial charge in [0.1, 0.15) is 0 Å². The highest BCUT2D eigenvalue weighted by Gasteiger charge is 2.25. The lowest BCUT2D eigenvalue weighted by molar-refractivity contribution is -0.106. The predicted octanol–water partition coefficient (Wildman–Crippen LogP) is 2.63. The lowest BCUT2D eigenvalue weighted by Gasteiger charge is -2.09. The van der Waals surface area contributed by atoms with E-state index in [4.69, 9.17) is 9.47 Å². The van der Waals surface area contributed by atoms with Gasteiger partial charge in [0.25, 0.3) is 0 Å². The third-order valence-corrected chi connectivity index (χ3v) is 2.76. The van der Waals surface area contributed by atoms with Crippen molar-refractivity contribution in [3.63, 3.8) is 0 Å². The molecule has 1 aliphatic heterocycles. The second kappa shape index (κ2) is 5.29. The first kappa shape index (κ1) is 10.7. The molecule has 0 radical (unpaired) electrons. The Labute approximate surface area is 91.2 Å². The van der Waals surface area contributed by atoms with Crippen LogP contribution >= 0.6 is 0 Å². The average molecular weight is 206 g/mol. The van der Waals surface area contributed by atoms with Gasteiger partial charge in [-0.3, -0.25) is 0 Å². The van der Waals surface area contributed by atoms with Gasteiger partial charge >= 0.3 is 0 Å². The lowest BCUT2D eigenvalue weighted by Crippen LogP contribution is -2.10. The van der Waals surface area contributed by atoms with Crippen molar-refractivity contribution in [3.05, 3.63) is 35.9 Å². The van der Waals surface area contributed by atoms with Crippen LogP contribution in [0.5, 0.6) is 0 Å². The SMILES string of the molecule is CCO[C@H]1C[C@@H](Cc2ccccc2)CO1. The van der Waals surface area contributed by atoms with Crippen LogP contribution in [0.2, 0.25) is 0 Å². The predicted molar refractivity (Wildman–Crippen MR) is 59.6 cm³/mol. The molecule has 15 heavy (non-hydrogen) atoms. The molecule has 1 aromatic carbocycles. The molecule has 0 aromatic heterocycles. The number of rotatable bonds is 4. The van der Waals surface area contributed by atoms with Crippen LogP contribution in [0.1, 0.15) is 18.9 Å². The maximum absolute atomic E-state index is 5.56. The molecule has 0 N–H and O–H groups in total. The van der Waals surface area contributed by atoms with E-state index in [1.54, 1.807) is 0 Å².